The summed E-state index contributed by atoms with van der Waals surface area (Å²) in [6, 6.07) is 0. The standard InChI is InChI=1S/C15H23NO4.2H2O/c17-13-10-11-14(18)16(13)12-8-6-4-2-1-3-5-7-9-15(19)20;;/h10-11H,1-9,12H2,(H,19,20);2*1H2. The third kappa shape index (κ3) is 9.25. The first-order chi connectivity index (χ1) is 9.61. The zero-order chi connectivity index (χ0) is 14.8. The summed E-state index contributed by atoms with van der Waals surface area (Å²) in [7, 11) is 0. The lowest BCUT2D eigenvalue weighted by atomic mass is 10.1. The maximum absolute atomic E-state index is 11.3. The van der Waals surface area contributed by atoms with Crippen LogP contribution < -0.4 is 0 Å². The van der Waals surface area contributed by atoms with Crippen molar-refractivity contribution >= 4 is 17.8 Å². The minimum Gasteiger partial charge on any atom is -0.481 e. The van der Waals surface area contributed by atoms with Gasteiger partial charge in [-0.25, -0.2) is 0 Å². The summed E-state index contributed by atoms with van der Waals surface area (Å²) in [4.78, 5) is 34.1. The molecule has 0 aromatic carbocycles. The monoisotopic (exact) mass is 317 g/mol. The average Bonchev–Trinajstić information content (AvgIpc) is 2.71. The lowest BCUT2D eigenvalue weighted by Gasteiger charge is -2.12. The van der Waals surface area contributed by atoms with Crippen LogP contribution in [0.4, 0.5) is 0 Å². The number of amides is 2. The highest BCUT2D eigenvalue weighted by atomic mass is 16.4. The van der Waals surface area contributed by atoms with Gasteiger partial charge in [-0.2, -0.15) is 0 Å². The Kier molecular flexibility index (Phi) is 13.3. The fourth-order valence-electron chi connectivity index (χ4n) is 2.26. The Morgan fingerprint density at radius 1 is 0.818 bits per heavy atom. The molecule has 0 aliphatic carbocycles. The molecule has 1 rings (SSSR count). The minimum absolute atomic E-state index is 0. The summed E-state index contributed by atoms with van der Waals surface area (Å²) in [5.41, 5.74) is 0. The second-order valence-electron chi connectivity index (χ2n) is 5.13. The molecule has 0 spiro atoms. The first kappa shape index (κ1) is 22.5. The van der Waals surface area contributed by atoms with E-state index in [2.05, 4.69) is 0 Å². The van der Waals surface area contributed by atoms with E-state index in [9.17, 15) is 14.4 Å². The van der Waals surface area contributed by atoms with Crippen LogP contribution in [0.15, 0.2) is 12.2 Å². The SMILES string of the molecule is O.O.O=C(O)CCCCCCCCCCN1C(=O)C=CC1=O. The quantitative estimate of drug-likeness (QED) is 0.446. The van der Waals surface area contributed by atoms with Gasteiger partial charge in [-0.05, 0) is 12.8 Å². The Bertz CT molecular complexity index is 362. The molecule has 7 heteroatoms. The molecule has 128 valence electrons. The summed E-state index contributed by atoms with van der Waals surface area (Å²) >= 11 is 0. The number of hydrogen-bond acceptors (Lipinski definition) is 3. The van der Waals surface area contributed by atoms with Crippen LogP contribution in [-0.4, -0.2) is 45.3 Å². The third-order valence-corrected chi connectivity index (χ3v) is 3.42. The molecule has 1 aliphatic rings. The molecule has 0 aromatic rings. The fourth-order valence-corrected chi connectivity index (χ4v) is 2.26. The largest absolute Gasteiger partial charge is 0.481 e. The summed E-state index contributed by atoms with van der Waals surface area (Å²) in [6.45, 7) is 0.517. The summed E-state index contributed by atoms with van der Waals surface area (Å²) in [6.07, 6.45) is 11.0. The summed E-state index contributed by atoms with van der Waals surface area (Å²) in [5.74, 6) is -1.12. The Morgan fingerprint density at radius 3 is 1.68 bits per heavy atom. The molecule has 0 bridgehead atoms. The van der Waals surface area contributed by atoms with Gasteiger partial charge in [0.15, 0.2) is 0 Å². The van der Waals surface area contributed by atoms with E-state index in [1.54, 1.807) is 0 Å². The van der Waals surface area contributed by atoms with Crippen LogP contribution in [0.25, 0.3) is 0 Å². The summed E-state index contributed by atoms with van der Waals surface area (Å²) < 4.78 is 0. The van der Waals surface area contributed by atoms with E-state index in [1.165, 1.54) is 17.1 Å². The Hall–Kier alpha value is -1.73. The highest BCUT2D eigenvalue weighted by Gasteiger charge is 2.21. The molecule has 22 heavy (non-hydrogen) atoms. The van der Waals surface area contributed by atoms with Crippen LogP contribution in [0, 0.1) is 0 Å². The first-order valence-electron chi connectivity index (χ1n) is 7.36. The molecule has 1 aliphatic heterocycles. The van der Waals surface area contributed by atoms with E-state index in [0.717, 1.165) is 51.4 Å². The summed E-state index contributed by atoms with van der Waals surface area (Å²) in [5, 5.41) is 8.48. The lowest BCUT2D eigenvalue weighted by Crippen LogP contribution is -2.30. The van der Waals surface area contributed by atoms with Crippen LogP contribution in [0.1, 0.15) is 57.8 Å². The van der Waals surface area contributed by atoms with E-state index in [0.29, 0.717) is 6.54 Å². The van der Waals surface area contributed by atoms with Crippen molar-refractivity contribution in [3.05, 3.63) is 12.2 Å². The van der Waals surface area contributed by atoms with Crippen LogP contribution in [0.5, 0.6) is 0 Å². The smallest absolute Gasteiger partial charge is 0.303 e. The topological polar surface area (TPSA) is 138 Å². The predicted molar refractivity (Wildman–Crippen MR) is 82.3 cm³/mol. The fraction of sp³-hybridized carbons (Fsp3) is 0.667. The molecule has 0 atom stereocenters. The van der Waals surface area contributed by atoms with Crippen LogP contribution in [0.3, 0.4) is 0 Å². The second-order valence-corrected chi connectivity index (χ2v) is 5.13. The van der Waals surface area contributed by atoms with E-state index in [1.807, 2.05) is 0 Å². The number of carboxylic acid groups (broad SMARTS) is 1. The number of rotatable bonds is 11. The van der Waals surface area contributed by atoms with Crippen molar-refractivity contribution in [2.24, 2.45) is 0 Å². The second kappa shape index (κ2) is 13.0. The van der Waals surface area contributed by atoms with Gasteiger partial charge >= 0.3 is 5.97 Å². The molecule has 0 saturated carbocycles. The number of carbonyl (C=O) groups is 3. The molecule has 0 unspecified atom stereocenters. The van der Waals surface area contributed by atoms with Crippen molar-refractivity contribution in [1.29, 1.82) is 0 Å². The van der Waals surface area contributed by atoms with Crippen molar-refractivity contribution in [3.63, 3.8) is 0 Å². The van der Waals surface area contributed by atoms with Crippen molar-refractivity contribution < 1.29 is 30.4 Å². The van der Waals surface area contributed by atoms with Crippen molar-refractivity contribution in [3.8, 4) is 0 Å². The molecule has 1 heterocycles. The molecule has 0 aromatic heterocycles. The van der Waals surface area contributed by atoms with Gasteiger partial charge in [0.05, 0.1) is 0 Å². The maximum Gasteiger partial charge on any atom is 0.303 e. The number of carboxylic acids is 1. The van der Waals surface area contributed by atoms with E-state index in [-0.39, 0.29) is 29.2 Å². The van der Waals surface area contributed by atoms with Crippen molar-refractivity contribution in [1.82, 2.24) is 4.90 Å². The number of carbonyl (C=O) groups excluding carboxylic acids is 2. The van der Waals surface area contributed by atoms with Gasteiger partial charge in [0.25, 0.3) is 11.8 Å². The van der Waals surface area contributed by atoms with Gasteiger partial charge in [0, 0.05) is 25.1 Å². The van der Waals surface area contributed by atoms with Gasteiger partial charge in [-0.3, -0.25) is 19.3 Å². The number of aliphatic carboxylic acids is 1. The van der Waals surface area contributed by atoms with Gasteiger partial charge < -0.3 is 16.1 Å². The van der Waals surface area contributed by atoms with Crippen LogP contribution in [0.2, 0.25) is 0 Å². The van der Waals surface area contributed by atoms with Crippen LogP contribution in [-0.2, 0) is 14.4 Å². The van der Waals surface area contributed by atoms with Crippen molar-refractivity contribution in [2.45, 2.75) is 57.8 Å². The van der Waals surface area contributed by atoms with Crippen molar-refractivity contribution in [2.75, 3.05) is 6.54 Å². The minimum atomic E-state index is -0.717. The number of nitrogens with zero attached hydrogens (tertiary/aromatic N) is 1. The average molecular weight is 317 g/mol. The highest BCUT2D eigenvalue weighted by molar-refractivity contribution is 6.12. The van der Waals surface area contributed by atoms with E-state index >= 15 is 0 Å². The molecule has 2 amide bonds. The molecular formula is C15H27NO6. The molecule has 5 N–H and O–H groups in total. The molecule has 0 saturated heterocycles. The highest BCUT2D eigenvalue weighted by Crippen LogP contribution is 2.11. The Morgan fingerprint density at radius 2 is 1.23 bits per heavy atom. The maximum atomic E-state index is 11.3. The van der Waals surface area contributed by atoms with Gasteiger partial charge in [-0.15, -0.1) is 0 Å². The van der Waals surface area contributed by atoms with Gasteiger partial charge in [-0.1, -0.05) is 38.5 Å². The zero-order valence-electron chi connectivity index (χ0n) is 12.8. The molecule has 0 radical (unpaired) electrons. The van der Waals surface area contributed by atoms with Gasteiger partial charge in [0.2, 0.25) is 0 Å². The Labute approximate surface area is 130 Å². The molecular weight excluding hydrogens is 290 g/mol. The third-order valence-electron chi connectivity index (χ3n) is 3.42. The number of hydrogen-bond donors (Lipinski definition) is 1. The normalized spacial score (nSPS) is 13.0. The van der Waals surface area contributed by atoms with Gasteiger partial charge in [0.1, 0.15) is 0 Å². The number of imide groups is 1. The lowest BCUT2D eigenvalue weighted by molar-refractivity contribution is -0.138. The van der Waals surface area contributed by atoms with Crippen LogP contribution >= 0.6 is 0 Å². The van der Waals surface area contributed by atoms with E-state index < -0.39 is 5.97 Å². The molecule has 0 fully saturated rings. The number of unbranched alkanes of at least 4 members (excludes halogenated alkanes) is 7. The predicted octanol–water partition coefficient (Wildman–Crippen LogP) is 0.857. The first-order valence-corrected chi connectivity index (χ1v) is 7.36. The van der Waals surface area contributed by atoms with E-state index in [4.69, 9.17) is 5.11 Å². The zero-order valence-corrected chi connectivity index (χ0v) is 12.8. The molecule has 7 nitrogen and oxygen atoms in total. The Balaban J connectivity index is 0.